The van der Waals surface area contributed by atoms with Crippen LogP contribution in [0.1, 0.15) is 15.9 Å². The van der Waals surface area contributed by atoms with Crippen molar-refractivity contribution in [2.45, 2.75) is 0 Å². The van der Waals surface area contributed by atoms with E-state index in [1.807, 2.05) is 4.90 Å². The van der Waals surface area contributed by atoms with Gasteiger partial charge in [0.1, 0.15) is 0 Å². The van der Waals surface area contributed by atoms with Gasteiger partial charge in [0.05, 0.1) is 30.5 Å². The molecule has 0 aromatic heterocycles. The van der Waals surface area contributed by atoms with E-state index in [1.54, 1.807) is 49.5 Å². The zero-order valence-electron chi connectivity index (χ0n) is 18.8. The van der Waals surface area contributed by atoms with Crippen LogP contribution < -0.4 is 4.90 Å². The molecule has 186 valence electrons. The van der Waals surface area contributed by atoms with Crippen molar-refractivity contribution in [1.29, 1.82) is 0 Å². The van der Waals surface area contributed by atoms with E-state index in [2.05, 4.69) is 0 Å². The molecule has 1 heterocycles. The second kappa shape index (κ2) is 13.6. The average molecular weight is 523 g/mol. The number of amides is 1. The van der Waals surface area contributed by atoms with Gasteiger partial charge in [-0.25, -0.2) is 9.59 Å². The van der Waals surface area contributed by atoms with Gasteiger partial charge in [-0.3, -0.25) is 14.5 Å². The number of carboxylic acid groups (broad SMARTS) is 2. The molecule has 0 spiro atoms. The number of carboxylic acids is 2. The summed E-state index contributed by atoms with van der Waals surface area (Å²) < 4.78 is 5.31. The van der Waals surface area contributed by atoms with E-state index in [4.69, 9.17) is 38.2 Å². The minimum atomic E-state index is -1.26. The molecule has 1 amide bonds. The smallest absolute Gasteiger partial charge is 0.328 e. The van der Waals surface area contributed by atoms with Gasteiger partial charge in [0, 0.05) is 48.4 Å². The first kappa shape index (κ1) is 28.0. The van der Waals surface area contributed by atoms with Gasteiger partial charge in [-0.05, 0) is 30.3 Å². The van der Waals surface area contributed by atoms with Gasteiger partial charge in [0.15, 0.2) is 5.78 Å². The average Bonchev–Trinajstić information content (AvgIpc) is 2.83. The van der Waals surface area contributed by atoms with Crippen LogP contribution >= 0.6 is 23.2 Å². The maximum absolute atomic E-state index is 13.0. The van der Waals surface area contributed by atoms with E-state index in [0.29, 0.717) is 65.3 Å². The van der Waals surface area contributed by atoms with Crippen LogP contribution in [0, 0.1) is 0 Å². The predicted molar refractivity (Wildman–Crippen MR) is 131 cm³/mol. The largest absolute Gasteiger partial charge is 0.478 e. The molecule has 2 aromatic rings. The number of anilines is 1. The molecule has 1 fully saturated rings. The standard InChI is InChI=1S/C20H20Cl2N2O3.C4H4O4/c1-23(19(25)13-24-8-10-27-11-9-24)18-7-6-14(21)12-16(18)20(26)15-4-2-3-5-17(15)22;5-3(6)1-2-4(7)8/h2-7,12H,8-11,13H2,1H3;1-2H,(H,5,6)(H,7,8)/b;2-1-. The Balaban J connectivity index is 0.000000466. The quantitative estimate of drug-likeness (QED) is 0.419. The molecule has 1 aliphatic rings. The molecule has 0 saturated carbocycles. The Hall–Kier alpha value is -3.24. The predicted octanol–water partition coefficient (Wildman–Crippen LogP) is 3.23. The van der Waals surface area contributed by atoms with Gasteiger partial charge in [-0.1, -0.05) is 35.3 Å². The van der Waals surface area contributed by atoms with Crippen LogP contribution in [-0.2, 0) is 19.1 Å². The summed E-state index contributed by atoms with van der Waals surface area (Å²) in [6.07, 6.45) is 1.12. The Labute approximate surface area is 212 Å². The third kappa shape index (κ3) is 8.80. The topological polar surface area (TPSA) is 124 Å². The maximum atomic E-state index is 13.0. The highest BCUT2D eigenvalue weighted by atomic mass is 35.5. The summed E-state index contributed by atoms with van der Waals surface area (Å²) in [6, 6.07) is 11.7. The molecule has 0 unspecified atom stereocenters. The number of morpholine rings is 1. The number of benzene rings is 2. The van der Waals surface area contributed by atoms with Crippen LogP contribution in [-0.4, -0.2) is 78.6 Å². The summed E-state index contributed by atoms with van der Waals surface area (Å²) in [7, 11) is 1.66. The molecule has 3 rings (SSSR count). The first-order valence-corrected chi connectivity index (χ1v) is 11.1. The van der Waals surface area contributed by atoms with Crippen LogP contribution in [0.5, 0.6) is 0 Å². The normalized spacial score (nSPS) is 13.6. The zero-order valence-corrected chi connectivity index (χ0v) is 20.3. The molecule has 2 aromatic carbocycles. The van der Waals surface area contributed by atoms with Crippen molar-refractivity contribution in [2.75, 3.05) is 44.8 Å². The van der Waals surface area contributed by atoms with Gasteiger partial charge in [0.25, 0.3) is 0 Å². The molecule has 1 saturated heterocycles. The first-order valence-electron chi connectivity index (χ1n) is 10.4. The fraction of sp³-hybridized carbons (Fsp3) is 0.250. The SMILES string of the molecule is CN(C(=O)CN1CCOCC1)c1ccc(Cl)cc1C(=O)c1ccccc1Cl.O=C(O)/C=C\C(=O)O. The van der Waals surface area contributed by atoms with E-state index < -0.39 is 11.9 Å². The molecule has 0 atom stereocenters. The molecular weight excluding hydrogens is 499 g/mol. The lowest BCUT2D eigenvalue weighted by molar-refractivity contribution is -0.134. The number of hydrogen-bond donors (Lipinski definition) is 2. The molecule has 0 radical (unpaired) electrons. The monoisotopic (exact) mass is 522 g/mol. The van der Waals surface area contributed by atoms with Crippen molar-refractivity contribution in [1.82, 2.24) is 4.90 Å². The van der Waals surface area contributed by atoms with Crippen molar-refractivity contribution in [2.24, 2.45) is 0 Å². The van der Waals surface area contributed by atoms with E-state index in [-0.39, 0.29) is 18.2 Å². The first-order chi connectivity index (χ1) is 16.6. The number of rotatable bonds is 7. The number of ketones is 1. The third-order valence-electron chi connectivity index (χ3n) is 4.89. The minimum absolute atomic E-state index is 0.104. The Kier molecular flexibility index (Phi) is 10.9. The van der Waals surface area contributed by atoms with Crippen molar-refractivity contribution >= 4 is 52.5 Å². The highest BCUT2D eigenvalue weighted by molar-refractivity contribution is 6.36. The van der Waals surface area contributed by atoms with E-state index in [1.165, 1.54) is 4.90 Å². The molecule has 1 aliphatic heterocycles. The number of aliphatic carboxylic acids is 2. The molecule has 2 N–H and O–H groups in total. The number of carbonyl (C=O) groups excluding carboxylic acids is 2. The van der Waals surface area contributed by atoms with Crippen molar-refractivity contribution in [3.05, 3.63) is 75.8 Å². The number of hydrogen-bond acceptors (Lipinski definition) is 6. The number of likely N-dealkylation sites (N-methyl/N-ethyl adjacent to an activating group) is 1. The summed E-state index contributed by atoms with van der Waals surface area (Å²) in [5.41, 5.74) is 1.22. The number of nitrogens with zero attached hydrogens (tertiary/aromatic N) is 2. The van der Waals surface area contributed by atoms with Crippen LogP contribution in [0.15, 0.2) is 54.6 Å². The Morgan fingerprint density at radius 1 is 0.971 bits per heavy atom. The molecule has 9 nitrogen and oxygen atoms in total. The summed E-state index contributed by atoms with van der Waals surface area (Å²) in [4.78, 5) is 48.4. The van der Waals surface area contributed by atoms with Crippen LogP contribution in [0.2, 0.25) is 10.0 Å². The summed E-state index contributed by atoms with van der Waals surface area (Å²) in [6.45, 7) is 2.93. The molecular formula is C24H24Cl2N2O7. The van der Waals surface area contributed by atoms with Gasteiger partial charge < -0.3 is 19.8 Å². The fourth-order valence-corrected chi connectivity index (χ4v) is 3.50. The van der Waals surface area contributed by atoms with Gasteiger partial charge in [-0.15, -0.1) is 0 Å². The Morgan fingerprint density at radius 3 is 2.14 bits per heavy atom. The Morgan fingerprint density at radius 2 is 1.57 bits per heavy atom. The van der Waals surface area contributed by atoms with E-state index >= 15 is 0 Å². The van der Waals surface area contributed by atoms with Crippen molar-refractivity contribution in [3.8, 4) is 0 Å². The lowest BCUT2D eigenvalue weighted by atomic mass is 10.0. The summed E-state index contributed by atoms with van der Waals surface area (Å²) in [5.74, 6) is -2.89. The van der Waals surface area contributed by atoms with Gasteiger partial charge in [0.2, 0.25) is 5.91 Å². The molecule has 35 heavy (non-hydrogen) atoms. The molecule has 0 bridgehead atoms. The highest BCUT2D eigenvalue weighted by Crippen LogP contribution is 2.28. The lowest BCUT2D eigenvalue weighted by Crippen LogP contribution is -2.44. The summed E-state index contributed by atoms with van der Waals surface area (Å²) in [5, 5.41) is 16.4. The van der Waals surface area contributed by atoms with Crippen molar-refractivity contribution < 1.29 is 34.1 Å². The molecule has 11 heteroatoms. The van der Waals surface area contributed by atoms with Crippen LogP contribution in [0.3, 0.4) is 0 Å². The number of halogens is 2. The zero-order chi connectivity index (χ0) is 26.0. The highest BCUT2D eigenvalue weighted by Gasteiger charge is 2.23. The van der Waals surface area contributed by atoms with Gasteiger partial charge >= 0.3 is 11.9 Å². The van der Waals surface area contributed by atoms with Crippen LogP contribution in [0.25, 0.3) is 0 Å². The third-order valence-corrected chi connectivity index (χ3v) is 5.45. The maximum Gasteiger partial charge on any atom is 0.328 e. The van der Waals surface area contributed by atoms with Gasteiger partial charge in [-0.2, -0.15) is 0 Å². The second-order valence-electron chi connectivity index (χ2n) is 7.32. The number of ether oxygens (including phenoxy) is 1. The summed E-state index contributed by atoms with van der Waals surface area (Å²) >= 11 is 12.3. The van der Waals surface area contributed by atoms with Crippen molar-refractivity contribution in [3.63, 3.8) is 0 Å². The van der Waals surface area contributed by atoms with Crippen LogP contribution in [0.4, 0.5) is 5.69 Å². The molecule has 0 aliphatic carbocycles. The number of carbonyl (C=O) groups is 4. The van der Waals surface area contributed by atoms with E-state index in [0.717, 1.165) is 0 Å². The van der Waals surface area contributed by atoms with E-state index in [9.17, 15) is 19.2 Å². The minimum Gasteiger partial charge on any atom is -0.478 e. The lowest BCUT2D eigenvalue weighted by Gasteiger charge is -2.28. The fourth-order valence-electron chi connectivity index (χ4n) is 3.11. The second-order valence-corrected chi connectivity index (χ2v) is 8.17. The Bertz CT molecular complexity index is 1100.